The molecule has 0 heterocycles. The third kappa shape index (κ3) is 2.86. The van der Waals surface area contributed by atoms with Crippen LogP contribution in [-0.2, 0) is 6.42 Å². The van der Waals surface area contributed by atoms with Crippen LogP contribution < -0.4 is 5.73 Å². The van der Waals surface area contributed by atoms with Gasteiger partial charge in [0.2, 0.25) is 0 Å². The van der Waals surface area contributed by atoms with Gasteiger partial charge in [-0.25, -0.2) is 4.39 Å². The van der Waals surface area contributed by atoms with Gasteiger partial charge in [-0.2, -0.15) is 0 Å². The molecule has 0 aliphatic heterocycles. The molecule has 1 saturated carbocycles. The van der Waals surface area contributed by atoms with E-state index < -0.39 is 0 Å². The fourth-order valence-electron chi connectivity index (χ4n) is 2.81. The van der Waals surface area contributed by atoms with Gasteiger partial charge in [-0.3, -0.25) is 0 Å². The molecule has 1 fully saturated rings. The summed E-state index contributed by atoms with van der Waals surface area (Å²) in [5, 5.41) is 0. The molecule has 0 aromatic heterocycles. The predicted octanol–water partition coefficient (Wildman–Crippen LogP) is 3.76. The Labute approximate surface area is 103 Å². The van der Waals surface area contributed by atoms with Crippen LogP contribution in [0.3, 0.4) is 0 Å². The van der Waals surface area contributed by atoms with Crippen LogP contribution in [0.4, 0.5) is 4.39 Å². The summed E-state index contributed by atoms with van der Waals surface area (Å²) in [7, 11) is 0. The highest BCUT2D eigenvalue weighted by Gasteiger charge is 2.23. The van der Waals surface area contributed by atoms with Crippen molar-refractivity contribution in [2.45, 2.75) is 57.4 Å². The molecule has 1 nitrogen and oxygen atoms in total. The third-order valence-electron chi connectivity index (χ3n) is 3.84. The smallest absolute Gasteiger partial charge is 0.129 e. The van der Waals surface area contributed by atoms with E-state index in [0.29, 0.717) is 12.0 Å². The molecule has 17 heavy (non-hydrogen) atoms. The van der Waals surface area contributed by atoms with Crippen molar-refractivity contribution in [3.63, 3.8) is 0 Å². The first kappa shape index (κ1) is 12.6. The van der Waals surface area contributed by atoms with E-state index in [1.807, 2.05) is 18.2 Å². The molecule has 2 heteroatoms. The summed E-state index contributed by atoms with van der Waals surface area (Å²) in [4.78, 5) is 0. The monoisotopic (exact) mass is 235 g/mol. The van der Waals surface area contributed by atoms with Gasteiger partial charge < -0.3 is 5.73 Å². The molecule has 0 amide bonds. The van der Waals surface area contributed by atoms with Gasteiger partial charge in [-0.1, -0.05) is 31.5 Å². The number of hydrogen-bond donors (Lipinski definition) is 1. The summed E-state index contributed by atoms with van der Waals surface area (Å²) in [6, 6.07) is 6.19. The molecule has 1 aliphatic carbocycles. The van der Waals surface area contributed by atoms with E-state index in [4.69, 9.17) is 5.73 Å². The molecule has 1 aromatic carbocycles. The van der Waals surface area contributed by atoms with Gasteiger partial charge in [0.25, 0.3) is 0 Å². The van der Waals surface area contributed by atoms with Crippen molar-refractivity contribution >= 4 is 0 Å². The van der Waals surface area contributed by atoms with Crippen LogP contribution in [0.2, 0.25) is 0 Å². The first-order valence-corrected chi connectivity index (χ1v) is 6.75. The minimum Gasteiger partial charge on any atom is -0.328 e. The van der Waals surface area contributed by atoms with Crippen molar-refractivity contribution in [1.29, 1.82) is 0 Å². The Morgan fingerprint density at radius 3 is 2.59 bits per heavy atom. The number of aryl methyl sites for hydroxylation is 1. The maximum absolute atomic E-state index is 14.3. The Kier molecular flexibility index (Phi) is 4.16. The molecule has 0 saturated heterocycles. The maximum atomic E-state index is 14.3. The van der Waals surface area contributed by atoms with Crippen LogP contribution in [0, 0.1) is 5.82 Å². The predicted molar refractivity (Wildman–Crippen MR) is 69.6 cm³/mol. The highest BCUT2D eigenvalue weighted by atomic mass is 19.1. The highest BCUT2D eigenvalue weighted by molar-refractivity contribution is 5.29. The summed E-state index contributed by atoms with van der Waals surface area (Å²) < 4.78 is 14.3. The van der Waals surface area contributed by atoms with Crippen LogP contribution >= 0.6 is 0 Å². The van der Waals surface area contributed by atoms with Gasteiger partial charge in [-0.05, 0) is 49.1 Å². The van der Waals surface area contributed by atoms with Gasteiger partial charge in [0.15, 0.2) is 0 Å². The van der Waals surface area contributed by atoms with Crippen molar-refractivity contribution in [3.8, 4) is 0 Å². The number of hydrogen-bond acceptors (Lipinski definition) is 1. The first-order valence-electron chi connectivity index (χ1n) is 6.75. The Hall–Kier alpha value is -0.890. The van der Waals surface area contributed by atoms with Crippen LogP contribution in [0.5, 0.6) is 0 Å². The van der Waals surface area contributed by atoms with E-state index >= 15 is 0 Å². The molecule has 0 bridgehead atoms. The minimum atomic E-state index is 0.0369. The average Bonchev–Trinajstić information content (AvgIpc) is 2.34. The fraction of sp³-hybridized carbons (Fsp3) is 0.600. The van der Waals surface area contributed by atoms with Gasteiger partial charge in [0.05, 0.1) is 0 Å². The fourth-order valence-corrected chi connectivity index (χ4v) is 2.81. The van der Waals surface area contributed by atoms with Crippen LogP contribution in [-0.4, -0.2) is 6.04 Å². The zero-order valence-electron chi connectivity index (χ0n) is 10.6. The SMILES string of the molecule is CCCc1cccc(C2CCC(N)CC2)c1F. The van der Waals surface area contributed by atoms with Crippen LogP contribution in [0.15, 0.2) is 18.2 Å². The molecular formula is C15H22FN. The zero-order valence-corrected chi connectivity index (χ0v) is 10.6. The molecular weight excluding hydrogens is 213 g/mol. The van der Waals surface area contributed by atoms with E-state index in [1.54, 1.807) is 0 Å². The summed E-state index contributed by atoms with van der Waals surface area (Å²) in [5.74, 6) is 0.418. The summed E-state index contributed by atoms with van der Waals surface area (Å²) in [6.45, 7) is 2.09. The second kappa shape index (κ2) is 5.63. The second-order valence-electron chi connectivity index (χ2n) is 5.18. The van der Waals surface area contributed by atoms with E-state index in [2.05, 4.69) is 6.92 Å². The Morgan fingerprint density at radius 1 is 1.24 bits per heavy atom. The van der Waals surface area contributed by atoms with E-state index in [-0.39, 0.29) is 5.82 Å². The lowest BCUT2D eigenvalue weighted by molar-refractivity contribution is 0.386. The zero-order chi connectivity index (χ0) is 12.3. The Balaban J connectivity index is 2.17. The molecule has 1 aromatic rings. The maximum Gasteiger partial charge on any atom is 0.129 e. The Morgan fingerprint density at radius 2 is 1.94 bits per heavy atom. The molecule has 94 valence electrons. The quantitative estimate of drug-likeness (QED) is 0.848. The normalized spacial score (nSPS) is 24.9. The summed E-state index contributed by atoms with van der Waals surface area (Å²) in [5.41, 5.74) is 7.69. The topological polar surface area (TPSA) is 26.0 Å². The van der Waals surface area contributed by atoms with Crippen LogP contribution in [0.1, 0.15) is 56.1 Å². The van der Waals surface area contributed by atoms with E-state index in [0.717, 1.165) is 49.7 Å². The lowest BCUT2D eigenvalue weighted by atomic mass is 9.81. The van der Waals surface area contributed by atoms with Crippen molar-refractivity contribution in [2.24, 2.45) is 5.73 Å². The molecule has 0 radical (unpaired) electrons. The number of rotatable bonds is 3. The van der Waals surface area contributed by atoms with Gasteiger partial charge in [0, 0.05) is 6.04 Å². The number of halogens is 1. The van der Waals surface area contributed by atoms with Crippen molar-refractivity contribution in [2.75, 3.05) is 0 Å². The molecule has 2 N–H and O–H groups in total. The lowest BCUT2D eigenvalue weighted by Crippen LogP contribution is -2.26. The largest absolute Gasteiger partial charge is 0.328 e. The van der Waals surface area contributed by atoms with Gasteiger partial charge in [-0.15, -0.1) is 0 Å². The molecule has 1 aliphatic rings. The average molecular weight is 235 g/mol. The standard InChI is InChI=1S/C15H22FN/c1-2-4-12-5-3-6-14(15(12)16)11-7-9-13(17)10-8-11/h3,5-6,11,13H,2,4,7-10,17H2,1H3. The number of nitrogens with two attached hydrogens (primary N) is 1. The molecule has 0 spiro atoms. The highest BCUT2D eigenvalue weighted by Crippen LogP contribution is 2.34. The minimum absolute atomic E-state index is 0.0369. The molecule has 0 unspecified atom stereocenters. The summed E-state index contributed by atoms with van der Waals surface area (Å²) in [6.07, 6.45) is 5.97. The van der Waals surface area contributed by atoms with E-state index in [1.165, 1.54) is 0 Å². The summed E-state index contributed by atoms with van der Waals surface area (Å²) >= 11 is 0. The Bertz CT molecular complexity index is 367. The van der Waals surface area contributed by atoms with Crippen LogP contribution in [0.25, 0.3) is 0 Å². The van der Waals surface area contributed by atoms with Crippen molar-refractivity contribution in [3.05, 3.63) is 35.1 Å². The molecule has 2 rings (SSSR count). The lowest BCUT2D eigenvalue weighted by Gasteiger charge is -2.27. The van der Waals surface area contributed by atoms with E-state index in [9.17, 15) is 4.39 Å². The van der Waals surface area contributed by atoms with Gasteiger partial charge >= 0.3 is 0 Å². The van der Waals surface area contributed by atoms with Crippen molar-refractivity contribution < 1.29 is 4.39 Å². The first-order chi connectivity index (χ1) is 8.22. The van der Waals surface area contributed by atoms with Crippen molar-refractivity contribution in [1.82, 2.24) is 0 Å². The molecule has 0 atom stereocenters. The second-order valence-corrected chi connectivity index (χ2v) is 5.18. The third-order valence-corrected chi connectivity index (χ3v) is 3.84. The van der Waals surface area contributed by atoms with Gasteiger partial charge in [0.1, 0.15) is 5.82 Å². The number of benzene rings is 1.